The normalized spacial score (nSPS) is 16.8. The molecule has 2 heterocycles. The van der Waals surface area contributed by atoms with Gasteiger partial charge in [-0.2, -0.15) is 5.10 Å². The van der Waals surface area contributed by atoms with E-state index in [9.17, 15) is 4.79 Å². The van der Waals surface area contributed by atoms with Crippen molar-refractivity contribution in [3.8, 4) is 0 Å². The number of aromatic nitrogens is 2. The van der Waals surface area contributed by atoms with Gasteiger partial charge in [0.15, 0.2) is 5.82 Å². The van der Waals surface area contributed by atoms with Gasteiger partial charge in [0, 0.05) is 31.7 Å². The molecule has 21 heavy (non-hydrogen) atoms. The highest BCUT2D eigenvalue weighted by Gasteiger charge is 2.25. The highest BCUT2D eigenvalue weighted by atomic mass is 35.5. The quantitative estimate of drug-likeness (QED) is 0.814. The van der Waals surface area contributed by atoms with Gasteiger partial charge >= 0.3 is 0 Å². The number of rotatable bonds is 6. The Kier molecular flexibility index (Phi) is 10.0. The molecule has 0 aromatic carbocycles. The molecule has 0 saturated carbocycles. The first kappa shape index (κ1) is 19.9. The monoisotopic (exact) mass is 335 g/mol. The molecule has 3 N–H and O–H groups in total. The van der Waals surface area contributed by atoms with Crippen molar-refractivity contribution in [3.63, 3.8) is 0 Å². The number of anilines is 1. The van der Waals surface area contributed by atoms with Crippen LogP contribution in [0, 0.1) is 0 Å². The lowest BCUT2D eigenvalue weighted by atomic mass is 10.2. The first-order valence-corrected chi connectivity index (χ1v) is 6.82. The number of carbonyl (C=O) groups is 1. The fourth-order valence-electron chi connectivity index (χ4n) is 2.38. The maximum atomic E-state index is 11.6. The summed E-state index contributed by atoms with van der Waals surface area (Å²) in [7, 11) is 0. The van der Waals surface area contributed by atoms with Crippen molar-refractivity contribution in [2.24, 2.45) is 5.73 Å². The van der Waals surface area contributed by atoms with Crippen LogP contribution >= 0.6 is 24.8 Å². The van der Waals surface area contributed by atoms with Gasteiger partial charge in [-0.3, -0.25) is 4.79 Å². The molecule has 0 radical (unpaired) electrons. The molecule has 0 aliphatic carbocycles. The average Bonchev–Trinajstić information content (AvgIpc) is 2.92. The van der Waals surface area contributed by atoms with Gasteiger partial charge in [0.1, 0.15) is 0 Å². The number of amides is 1. The van der Waals surface area contributed by atoms with Gasteiger partial charge in [-0.15, -0.1) is 29.9 Å². The molecule has 1 aromatic rings. The van der Waals surface area contributed by atoms with Crippen LogP contribution in [-0.2, 0) is 4.79 Å². The Labute approximate surface area is 137 Å². The Morgan fingerprint density at radius 1 is 1.48 bits per heavy atom. The number of hydrogen-bond donors (Lipinski definition) is 2. The molecule has 120 valence electrons. The van der Waals surface area contributed by atoms with Crippen LogP contribution < -0.4 is 16.0 Å². The second kappa shape index (κ2) is 10.6. The number of halogens is 2. The third kappa shape index (κ3) is 6.03. The molecular weight excluding hydrogens is 313 g/mol. The van der Waals surface area contributed by atoms with Crippen LogP contribution in [0.15, 0.2) is 18.3 Å². The van der Waals surface area contributed by atoms with Gasteiger partial charge in [-0.1, -0.05) is 0 Å². The maximum Gasteiger partial charge on any atom is 0.220 e. The van der Waals surface area contributed by atoms with Gasteiger partial charge in [-0.25, -0.2) is 0 Å². The summed E-state index contributed by atoms with van der Waals surface area (Å²) in [4.78, 5) is 13.8. The lowest BCUT2D eigenvalue weighted by Gasteiger charge is -2.25. The minimum atomic E-state index is 0. The molecular formula is C13H23Cl2N5O. The van der Waals surface area contributed by atoms with E-state index in [1.165, 1.54) is 0 Å². The fourth-order valence-corrected chi connectivity index (χ4v) is 2.38. The third-order valence-electron chi connectivity index (χ3n) is 3.37. The summed E-state index contributed by atoms with van der Waals surface area (Å²) in [6, 6.07) is 4.16. The average molecular weight is 336 g/mol. The molecule has 6 nitrogen and oxygen atoms in total. The number of carbonyl (C=O) groups excluding carboxylic acids is 1. The van der Waals surface area contributed by atoms with Crippen LogP contribution in [0.4, 0.5) is 5.82 Å². The minimum Gasteiger partial charge on any atom is -0.354 e. The van der Waals surface area contributed by atoms with Crippen molar-refractivity contribution in [1.29, 1.82) is 0 Å². The van der Waals surface area contributed by atoms with Crippen molar-refractivity contribution in [2.45, 2.75) is 31.7 Å². The largest absolute Gasteiger partial charge is 0.354 e. The van der Waals surface area contributed by atoms with Crippen molar-refractivity contribution < 1.29 is 4.79 Å². The van der Waals surface area contributed by atoms with Crippen molar-refractivity contribution in [2.75, 3.05) is 24.5 Å². The van der Waals surface area contributed by atoms with E-state index >= 15 is 0 Å². The first-order valence-electron chi connectivity index (χ1n) is 6.82. The molecule has 0 bridgehead atoms. The van der Waals surface area contributed by atoms with Crippen LogP contribution in [0.2, 0.25) is 0 Å². The Balaban J connectivity index is 0.00000200. The van der Waals surface area contributed by atoms with E-state index in [0.29, 0.717) is 25.6 Å². The van der Waals surface area contributed by atoms with E-state index in [-0.39, 0.29) is 30.7 Å². The summed E-state index contributed by atoms with van der Waals surface area (Å²) in [5, 5.41) is 11.0. The summed E-state index contributed by atoms with van der Waals surface area (Å²) in [5.74, 6) is 0.970. The molecule has 0 spiro atoms. The predicted molar refractivity (Wildman–Crippen MR) is 88.2 cm³/mol. The lowest BCUT2D eigenvalue weighted by Crippen LogP contribution is -2.40. The summed E-state index contributed by atoms with van der Waals surface area (Å²) in [6.07, 6.45) is 5.12. The molecule has 1 saturated heterocycles. The van der Waals surface area contributed by atoms with Crippen molar-refractivity contribution in [3.05, 3.63) is 18.3 Å². The van der Waals surface area contributed by atoms with Gasteiger partial charge in [0.05, 0.1) is 0 Å². The van der Waals surface area contributed by atoms with E-state index in [1.54, 1.807) is 6.20 Å². The molecule has 1 aliphatic heterocycles. The zero-order valence-electron chi connectivity index (χ0n) is 11.9. The standard InChI is InChI=1S/C13H21N5O.2ClH/c14-7-1-6-13(19)15-10-11-4-3-9-18(11)12-5-2-8-16-17-12;;/h2,5,8,11H,1,3-4,6-7,9-10,14H2,(H,15,19);2*1H. The maximum absolute atomic E-state index is 11.6. The SMILES string of the molecule is Cl.Cl.NCCCC(=O)NCC1CCCN1c1cccnn1. The van der Waals surface area contributed by atoms with E-state index in [0.717, 1.165) is 31.6 Å². The highest BCUT2D eigenvalue weighted by Crippen LogP contribution is 2.22. The van der Waals surface area contributed by atoms with Crippen molar-refractivity contribution >= 4 is 36.5 Å². The molecule has 1 amide bonds. The summed E-state index contributed by atoms with van der Waals surface area (Å²) >= 11 is 0. The number of hydrogen-bond acceptors (Lipinski definition) is 5. The molecule has 1 unspecified atom stereocenters. The second-order valence-corrected chi connectivity index (χ2v) is 4.77. The van der Waals surface area contributed by atoms with E-state index in [2.05, 4.69) is 20.4 Å². The zero-order valence-corrected chi connectivity index (χ0v) is 13.5. The van der Waals surface area contributed by atoms with E-state index in [1.807, 2.05) is 12.1 Å². The molecule has 1 aliphatic rings. The molecule has 1 atom stereocenters. The smallest absolute Gasteiger partial charge is 0.220 e. The van der Waals surface area contributed by atoms with Gasteiger partial charge in [0.25, 0.3) is 0 Å². The summed E-state index contributed by atoms with van der Waals surface area (Å²) in [5.41, 5.74) is 5.39. The zero-order chi connectivity index (χ0) is 13.5. The minimum absolute atomic E-state index is 0. The second-order valence-electron chi connectivity index (χ2n) is 4.77. The molecule has 1 fully saturated rings. The highest BCUT2D eigenvalue weighted by molar-refractivity contribution is 5.85. The third-order valence-corrected chi connectivity index (χ3v) is 3.37. The molecule has 1 aromatic heterocycles. The fraction of sp³-hybridized carbons (Fsp3) is 0.615. The Bertz CT molecular complexity index is 407. The van der Waals surface area contributed by atoms with Crippen LogP contribution in [0.3, 0.4) is 0 Å². The molecule has 8 heteroatoms. The van der Waals surface area contributed by atoms with E-state index in [4.69, 9.17) is 5.73 Å². The van der Waals surface area contributed by atoms with Gasteiger partial charge in [0.2, 0.25) is 5.91 Å². The lowest BCUT2D eigenvalue weighted by molar-refractivity contribution is -0.121. The van der Waals surface area contributed by atoms with Gasteiger partial charge in [-0.05, 0) is 37.9 Å². The number of nitrogens with zero attached hydrogens (tertiary/aromatic N) is 3. The molecule has 2 rings (SSSR count). The summed E-state index contributed by atoms with van der Waals surface area (Å²) < 4.78 is 0. The van der Waals surface area contributed by atoms with E-state index < -0.39 is 0 Å². The Morgan fingerprint density at radius 3 is 2.95 bits per heavy atom. The number of nitrogens with two attached hydrogens (primary N) is 1. The van der Waals surface area contributed by atoms with Gasteiger partial charge < -0.3 is 16.0 Å². The van der Waals surface area contributed by atoms with Crippen LogP contribution in [0.25, 0.3) is 0 Å². The topological polar surface area (TPSA) is 84.1 Å². The first-order chi connectivity index (χ1) is 9.31. The summed E-state index contributed by atoms with van der Waals surface area (Å²) in [6.45, 7) is 2.20. The van der Waals surface area contributed by atoms with Crippen LogP contribution in [-0.4, -0.2) is 41.8 Å². The van der Waals surface area contributed by atoms with Crippen LogP contribution in [0.1, 0.15) is 25.7 Å². The van der Waals surface area contributed by atoms with Crippen molar-refractivity contribution in [1.82, 2.24) is 15.5 Å². The Morgan fingerprint density at radius 2 is 2.29 bits per heavy atom. The van der Waals surface area contributed by atoms with Crippen LogP contribution in [0.5, 0.6) is 0 Å². The number of nitrogens with one attached hydrogen (secondary N) is 1. The predicted octanol–water partition coefficient (Wildman–Crippen LogP) is 1.14. The Hall–Kier alpha value is -1.11.